The van der Waals surface area contributed by atoms with Gasteiger partial charge in [-0.3, -0.25) is 0 Å². The van der Waals surface area contributed by atoms with Gasteiger partial charge in [0.05, 0.1) is 6.07 Å². The van der Waals surface area contributed by atoms with Gasteiger partial charge in [0.2, 0.25) is 0 Å². The summed E-state index contributed by atoms with van der Waals surface area (Å²) in [7, 11) is 0. The summed E-state index contributed by atoms with van der Waals surface area (Å²) in [4.78, 5) is 11.5. The van der Waals surface area contributed by atoms with Crippen LogP contribution in [-0.4, -0.2) is 16.9 Å². The average Bonchev–Trinajstić information content (AvgIpc) is 2.42. The molecule has 0 amide bonds. The van der Waals surface area contributed by atoms with E-state index in [1.165, 1.54) is 0 Å². The van der Waals surface area contributed by atoms with Crippen LogP contribution in [0.2, 0.25) is 0 Å². The molecule has 0 atom stereocenters. The van der Waals surface area contributed by atoms with E-state index in [4.69, 9.17) is 15.2 Å². The predicted molar refractivity (Wildman–Crippen MR) is 64.9 cm³/mol. The van der Waals surface area contributed by atoms with Crippen LogP contribution in [0, 0.1) is 11.3 Å². The smallest absolute Gasteiger partial charge is 0.356 e. The van der Waals surface area contributed by atoms with Crippen molar-refractivity contribution in [3.63, 3.8) is 0 Å². The normalized spacial score (nSPS) is 10.7. The van der Waals surface area contributed by atoms with Gasteiger partial charge in [0.1, 0.15) is 6.61 Å². The minimum atomic E-state index is -0.653. The van der Waals surface area contributed by atoms with Gasteiger partial charge in [0.25, 0.3) is 0 Å². The van der Waals surface area contributed by atoms with Gasteiger partial charge in [0, 0.05) is 12.8 Å². The number of esters is 1. The molecule has 0 saturated heterocycles. The largest absolute Gasteiger partial charge is 0.456 e. The topological polar surface area (TPSA) is 82.7 Å². The Balaban J connectivity index is 2.42. The Kier molecular flexibility index (Phi) is 5.98. The van der Waals surface area contributed by atoms with E-state index in [1.807, 2.05) is 36.4 Å². The van der Waals surface area contributed by atoms with Crippen molar-refractivity contribution in [3.8, 4) is 6.07 Å². The molecule has 5 nitrogen and oxygen atoms in total. The Morgan fingerprint density at radius 1 is 1.39 bits per heavy atom. The highest BCUT2D eigenvalue weighted by Gasteiger charge is 2.13. The first kappa shape index (κ1) is 13.7. The predicted octanol–water partition coefficient (Wildman–Crippen LogP) is 2.25. The van der Waals surface area contributed by atoms with Gasteiger partial charge in [-0.25, -0.2) is 4.79 Å². The zero-order chi connectivity index (χ0) is 13.2. The molecule has 0 aliphatic rings. The molecular formula is C13H14N2O3. The SMILES string of the molecule is N#CCCCC(=NO)C(=O)OCc1ccccc1. The van der Waals surface area contributed by atoms with Crippen LogP contribution in [0.1, 0.15) is 24.8 Å². The van der Waals surface area contributed by atoms with Gasteiger partial charge in [-0.15, -0.1) is 0 Å². The molecule has 0 aliphatic heterocycles. The third kappa shape index (κ3) is 4.66. The van der Waals surface area contributed by atoms with E-state index >= 15 is 0 Å². The molecule has 1 aromatic rings. The Hall–Kier alpha value is -2.35. The molecule has 0 radical (unpaired) electrons. The number of benzene rings is 1. The minimum absolute atomic E-state index is 0.0545. The van der Waals surface area contributed by atoms with Crippen molar-refractivity contribution in [1.82, 2.24) is 0 Å². The van der Waals surface area contributed by atoms with Crippen molar-refractivity contribution in [3.05, 3.63) is 35.9 Å². The highest BCUT2D eigenvalue weighted by molar-refractivity contribution is 6.36. The summed E-state index contributed by atoms with van der Waals surface area (Å²) in [6.45, 7) is 0.136. The van der Waals surface area contributed by atoms with Gasteiger partial charge < -0.3 is 9.94 Å². The molecule has 0 heterocycles. The van der Waals surface area contributed by atoms with Crippen LogP contribution >= 0.6 is 0 Å². The lowest BCUT2D eigenvalue weighted by Gasteiger charge is -2.05. The maximum absolute atomic E-state index is 11.5. The quantitative estimate of drug-likeness (QED) is 0.274. The number of carbonyl (C=O) groups excluding carboxylic acids is 1. The molecule has 18 heavy (non-hydrogen) atoms. The number of nitriles is 1. The highest BCUT2D eigenvalue weighted by Crippen LogP contribution is 2.04. The number of carbonyl (C=O) groups is 1. The zero-order valence-corrected chi connectivity index (χ0v) is 9.87. The van der Waals surface area contributed by atoms with Crippen molar-refractivity contribution in [2.75, 3.05) is 0 Å². The van der Waals surface area contributed by atoms with Crippen LogP contribution in [0.3, 0.4) is 0 Å². The van der Waals surface area contributed by atoms with Crippen LogP contribution in [0.4, 0.5) is 0 Å². The monoisotopic (exact) mass is 246 g/mol. The Morgan fingerprint density at radius 2 is 2.11 bits per heavy atom. The first-order valence-electron chi connectivity index (χ1n) is 5.57. The molecule has 94 valence electrons. The maximum atomic E-state index is 11.5. The van der Waals surface area contributed by atoms with E-state index in [0.717, 1.165) is 5.56 Å². The second-order valence-corrected chi connectivity index (χ2v) is 3.62. The fourth-order valence-corrected chi connectivity index (χ4v) is 1.33. The maximum Gasteiger partial charge on any atom is 0.356 e. The number of rotatable bonds is 6. The van der Waals surface area contributed by atoms with E-state index in [2.05, 4.69) is 5.16 Å². The fraction of sp³-hybridized carbons (Fsp3) is 0.308. The average molecular weight is 246 g/mol. The summed E-state index contributed by atoms with van der Waals surface area (Å²) in [5.74, 6) is -0.653. The molecule has 0 spiro atoms. The van der Waals surface area contributed by atoms with Crippen LogP contribution in [-0.2, 0) is 16.1 Å². The Labute approximate surface area is 105 Å². The number of hydrogen-bond acceptors (Lipinski definition) is 5. The molecular weight excluding hydrogens is 232 g/mol. The minimum Gasteiger partial charge on any atom is -0.456 e. The van der Waals surface area contributed by atoms with Crippen LogP contribution in [0.5, 0.6) is 0 Å². The van der Waals surface area contributed by atoms with Crippen molar-refractivity contribution in [2.24, 2.45) is 5.16 Å². The van der Waals surface area contributed by atoms with Gasteiger partial charge in [-0.05, 0) is 12.0 Å². The summed E-state index contributed by atoms with van der Waals surface area (Å²) >= 11 is 0. The van der Waals surface area contributed by atoms with Crippen LogP contribution in [0.15, 0.2) is 35.5 Å². The summed E-state index contributed by atoms with van der Waals surface area (Å²) in [6.07, 6.45) is 1.01. The summed E-state index contributed by atoms with van der Waals surface area (Å²) < 4.78 is 5.00. The molecule has 0 aliphatic carbocycles. The first-order valence-corrected chi connectivity index (χ1v) is 5.57. The van der Waals surface area contributed by atoms with Crippen LogP contribution < -0.4 is 0 Å². The number of hydrogen-bond donors (Lipinski definition) is 1. The van der Waals surface area contributed by atoms with Gasteiger partial charge >= 0.3 is 5.97 Å². The third-order valence-electron chi connectivity index (χ3n) is 2.27. The molecule has 5 heteroatoms. The molecule has 0 saturated carbocycles. The first-order chi connectivity index (χ1) is 8.77. The molecule has 0 aromatic heterocycles. The molecule has 0 unspecified atom stereocenters. The second kappa shape index (κ2) is 7.85. The molecule has 0 bridgehead atoms. The van der Waals surface area contributed by atoms with E-state index in [9.17, 15) is 4.79 Å². The standard InChI is InChI=1S/C13H14N2O3/c14-9-5-4-8-12(15-17)13(16)18-10-11-6-2-1-3-7-11/h1-3,6-7,17H,4-5,8,10H2. The van der Waals surface area contributed by atoms with E-state index in [-0.39, 0.29) is 18.7 Å². The van der Waals surface area contributed by atoms with Gasteiger partial charge in [-0.2, -0.15) is 5.26 Å². The number of unbranched alkanes of at least 4 members (excludes halogenated alkanes) is 1. The van der Waals surface area contributed by atoms with Gasteiger partial charge in [0.15, 0.2) is 5.71 Å². The summed E-state index contributed by atoms with van der Waals surface area (Å²) in [6, 6.07) is 11.2. The lowest BCUT2D eigenvalue weighted by molar-refractivity contribution is -0.137. The molecule has 0 fully saturated rings. The lowest BCUT2D eigenvalue weighted by Crippen LogP contribution is -2.17. The summed E-state index contributed by atoms with van der Waals surface area (Å²) in [5, 5.41) is 20.0. The highest BCUT2D eigenvalue weighted by atomic mass is 16.5. The molecule has 1 N–H and O–H groups in total. The zero-order valence-electron chi connectivity index (χ0n) is 9.87. The van der Waals surface area contributed by atoms with Crippen molar-refractivity contribution in [2.45, 2.75) is 25.9 Å². The summed E-state index contributed by atoms with van der Waals surface area (Å²) in [5.41, 5.74) is 0.807. The molecule has 1 aromatic carbocycles. The van der Waals surface area contributed by atoms with E-state index in [1.54, 1.807) is 0 Å². The van der Waals surface area contributed by atoms with Gasteiger partial charge in [-0.1, -0.05) is 35.5 Å². The third-order valence-corrected chi connectivity index (χ3v) is 2.27. The molecule has 1 rings (SSSR count). The Bertz CT molecular complexity index is 449. The second-order valence-electron chi connectivity index (χ2n) is 3.62. The number of nitrogens with zero attached hydrogens (tertiary/aromatic N) is 2. The van der Waals surface area contributed by atoms with Crippen molar-refractivity contribution < 1.29 is 14.7 Å². The van der Waals surface area contributed by atoms with E-state index < -0.39 is 5.97 Å². The van der Waals surface area contributed by atoms with E-state index in [0.29, 0.717) is 12.8 Å². The lowest BCUT2D eigenvalue weighted by atomic mass is 10.2. The van der Waals surface area contributed by atoms with Crippen LogP contribution in [0.25, 0.3) is 0 Å². The number of oxime groups is 1. The van der Waals surface area contributed by atoms with Crippen molar-refractivity contribution in [1.29, 1.82) is 5.26 Å². The fourth-order valence-electron chi connectivity index (χ4n) is 1.33. The van der Waals surface area contributed by atoms with Crippen molar-refractivity contribution >= 4 is 11.7 Å². The number of ether oxygens (including phenoxy) is 1. The Morgan fingerprint density at radius 3 is 2.72 bits per heavy atom.